The fourth-order valence-corrected chi connectivity index (χ4v) is 3.18. The van der Waals surface area contributed by atoms with Crippen LogP contribution < -0.4 is 5.32 Å². The summed E-state index contributed by atoms with van der Waals surface area (Å²) in [7, 11) is 1.60. The Bertz CT molecular complexity index is 707. The molecule has 0 spiro atoms. The summed E-state index contributed by atoms with van der Waals surface area (Å²) < 4.78 is 6.96. The smallest absolute Gasteiger partial charge is 0.289 e. The number of nitrogens with zero attached hydrogens (tertiary/aromatic N) is 3. The summed E-state index contributed by atoms with van der Waals surface area (Å²) in [6, 6.07) is 3.54. The summed E-state index contributed by atoms with van der Waals surface area (Å²) in [5, 5.41) is 6.96. The van der Waals surface area contributed by atoms with Crippen molar-refractivity contribution in [3.8, 4) is 0 Å². The van der Waals surface area contributed by atoms with Gasteiger partial charge in [0.25, 0.3) is 5.91 Å². The van der Waals surface area contributed by atoms with E-state index in [2.05, 4.69) is 10.4 Å². The lowest BCUT2D eigenvalue weighted by Crippen LogP contribution is -2.59. The van der Waals surface area contributed by atoms with Gasteiger partial charge in [-0.25, -0.2) is 0 Å². The van der Waals surface area contributed by atoms with Gasteiger partial charge in [-0.05, 0) is 31.9 Å². The Hall–Kier alpha value is -2.57. The molecule has 1 atom stereocenters. The molecule has 23 heavy (non-hydrogen) atoms. The summed E-state index contributed by atoms with van der Waals surface area (Å²) in [6.45, 7) is 2.70. The van der Waals surface area contributed by atoms with E-state index in [-0.39, 0.29) is 18.4 Å². The first-order chi connectivity index (χ1) is 11.1. The Morgan fingerprint density at radius 3 is 2.87 bits per heavy atom. The molecule has 3 heterocycles. The molecule has 2 aromatic heterocycles. The largest absolute Gasteiger partial charge is 0.459 e. The van der Waals surface area contributed by atoms with Crippen molar-refractivity contribution in [3.05, 3.63) is 42.1 Å². The number of likely N-dealkylation sites (N-methyl/N-ethyl adjacent to an activating group) is 1. The van der Waals surface area contributed by atoms with E-state index in [0.717, 1.165) is 12.0 Å². The van der Waals surface area contributed by atoms with Crippen molar-refractivity contribution < 1.29 is 14.0 Å². The van der Waals surface area contributed by atoms with Crippen LogP contribution in [-0.4, -0.2) is 46.6 Å². The average molecular weight is 316 g/mol. The van der Waals surface area contributed by atoms with Crippen molar-refractivity contribution in [1.82, 2.24) is 20.0 Å². The molecule has 1 saturated heterocycles. The average Bonchev–Trinajstić information content (AvgIpc) is 3.25. The SMILES string of the molecule is CNC(=O)C1(n2cccn2)CCCN(C(=O)c2occc2C)C1. The molecule has 0 aromatic carbocycles. The van der Waals surface area contributed by atoms with Crippen LogP contribution in [-0.2, 0) is 10.3 Å². The summed E-state index contributed by atoms with van der Waals surface area (Å²) >= 11 is 0. The number of aryl methyl sites for hydroxylation is 1. The van der Waals surface area contributed by atoms with E-state index < -0.39 is 5.54 Å². The molecule has 2 amide bonds. The lowest BCUT2D eigenvalue weighted by Gasteiger charge is -2.41. The van der Waals surface area contributed by atoms with E-state index in [1.54, 1.807) is 41.2 Å². The molecule has 2 aromatic rings. The normalized spacial score (nSPS) is 21.2. The fourth-order valence-electron chi connectivity index (χ4n) is 3.18. The summed E-state index contributed by atoms with van der Waals surface area (Å²) in [6.07, 6.45) is 6.27. The zero-order valence-electron chi connectivity index (χ0n) is 13.3. The molecule has 1 unspecified atom stereocenters. The minimum absolute atomic E-state index is 0.144. The number of nitrogens with one attached hydrogen (secondary N) is 1. The topological polar surface area (TPSA) is 80.4 Å². The predicted molar refractivity (Wildman–Crippen MR) is 82.9 cm³/mol. The maximum Gasteiger partial charge on any atom is 0.289 e. The van der Waals surface area contributed by atoms with Crippen molar-refractivity contribution >= 4 is 11.8 Å². The predicted octanol–water partition coefficient (Wildman–Crippen LogP) is 1.16. The molecule has 3 rings (SSSR count). The molecule has 0 saturated carbocycles. The van der Waals surface area contributed by atoms with Crippen molar-refractivity contribution in [2.75, 3.05) is 20.1 Å². The Morgan fingerprint density at radius 1 is 1.43 bits per heavy atom. The third kappa shape index (κ3) is 2.52. The molecule has 0 radical (unpaired) electrons. The molecule has 7 heteroatoms. The molecule has 122 valence electrons. The van der Waals surface area contributed by atoms with Gasteiger partial charge in [0.15, 0.2) is 11.3 Å². The standard InChI is InChI=1S/C16H20N4O3/c1-12-5-10-23-13(12)14(21)19-8-3-6-16(11-19,15(22)17-2)20-9-4-7-18-20/h4-5,7,9-10H,3,6,8,11H2,1-2H3,(H,17,22). The highest BCUT2D eigenvalue weighted by atomic mass is 16.3. The molecule has 7 nitrogen and oxygen atoms in total. The zero-order valence-corrected chi connectivity index (χ0v) is 13.3. The van der Waals surface area contributed by atoms with Crippen molar-refractivity contribution in [1.29, 1.82) is 0 Å². The summed E-state index contributed by atoms with van der Waals surface area (Å²) in [5.74, 6) is 0.000623. The summed E-state index contributed by atoms with van der Waals surface area (Å²) in [4.78, 5) is 27.0. The minimum atomic E-state index is -0.882. The number of aromatic nitrogens is 2. The molecule has 0 aliphatic carbocycles. The third-order valence-corrected chi connectivity index (χ3v) is 4.41. The van der Waals surface area contributed by atoms with Gasteiger partial charge in [0.1, 0.15) is 0 Å². The molecule has 1 aliphatic heterocycles. The molecule has 0 bridgehead atoms. The first-order valence-electron chi connectivity index (χ1n) is 7.64. The van der Waals surface area contributed by atoms with Crippen molar-refractivity contribution in [3.63, 3.8) is 0 Å². The van der Waals surface area contributed by atoms with Crippen LogP contribution in [0.4, 0.5) is 0 Å². The minimum Gasteiger partial charge on any atom is -0.459 e. The van der Waals surface area contributed by atoms with E-state index in [4.69, 9.17) is 4.42 Å². The van der Waals surface area contributed by atoms with Crippen LogP contribution in [0.1, 0.15) is 29.0 Å². The highest BCUT2D eigenvalue weighted by Crippen LogP contribution is 2.30. The van der Waals surface area contributed by atoms with E-state index in [1.165, 1.54) is 6.26 Å². The Labute approximate surface area is 134 Å². The number of amides is 2. The molecular weight excluding hydrogens is 296 g/mol. The number of furan rings is 1. The van der Waals surface area contributed by atoms with Crippen LogP contribution in [0, 0.1) is 6.92 Å². The van der Waals surface area contributed by atoms with Gasteiger partial charge in [-0.1, -0.05) is 0 Å². The molecule has 1 aliphatic rings. The van der Waals surface area contributed by atoms with Crippen molar-refractivity contribution in [2.45, 2.75) is 25.3 Å². The van der Waals surface area contributed by atoms with Crippen LogP contribution in [0.15, 0.2) is 35.2 Å². The van der Waals surface area contributed by atoms with E-state index in [1.807, 2.05) is 6.92 Å². The lowest BCUT2D eigenvalue weighted by atomic mass is 9.87. The highest BCUT2D eigenvalue weighted by Gasteiger charge is 2.45. The number of hydrogen-bond acceptors (Lipinski definition) is 4. The van der Waals surface area contributed by atoms with Gasteiger partial charge >= 0.3 is 0 Å². The Kier molecular flexibility index (Phi) is 3.94. The van der Waals surface area contributed by atoms with Gasteiger partial charge in [-0.3, -0.25) is 14.3 Å². The maximum atomic E-state index is 12.7. The van der Waals surface area contributed by atoms with E-state index >= 15 is 0 Å². The van der Waals surface area contributed by atoms with Crippen LogP contribution >= 0.6 is 0 Å². The van der Waals surface area contributed by atoms with Crippen molar-refractivity contribution in [2.24, 2.45) is 0 Å². The Morgan fingerprint density at radius 2 is 2.26 bits per heavy atom. The maximum absolute atomic E-state index is 12.7. The van der Waals surface area contributed by atoms with Gasteiger partial charge in [0.05, 0.1) is 12.8 Å². The number of hydrogen-bond donors (Lipinski definition) is 1. The first-order valence-corrected chi connectivity index (χ1v) is 7.64. The van der Waals surface area contributed by atoms with Gasteiger partial charge < -0.3 is 14.6 Å². The molecular formula is C16H20N4O3. The van der Waals surface area contributed by atoms with Gasteiger partial charge in [-0.15, -0.1) is 0 Å². The quantitative estimate of drug-likeness (QED) is 0.921. The second-order valence-corrected chi connectivity index (χ2v) is 5.82. The monoisotopic (exact) mass is 316 g/mol. The molecule has 1 N–H and O–H groups in total. The fraction of sp³-hybridized carbons (Fsp3) is 0.438. The third-order valence-electron chi connectivity index (χ3n) is 4.41. The van der Waals surface area contributed by atoms with Crippen LogP contribution in [0.3, 0.4) is 0 Å². The lowest BCUT2D eigenvalue weighted by molar-refractivity contribution is -0.132. The number of rotatable bonds is 3. The number of carbonyl (C=O) groups excluding carboxylic acids is 2. The number of likely N-dealkylation sites (tertiary alicyclic amines) is 1. The van der Waals surface area contributed by atoms with E-state index in [9.17, 15) is 9.59 Å². The second kappa shape index (κ2) is 5.91. The highest BCUT2D eigenvalue weighted by molar-refractivity contribution is 5.94. The van der Waals surface area contributed by atoms with Gasteiger partial charge in [-0.2, -0.15) is 5.10 Å². The van der Waals surface area contributed by atoms with E-state index in [0.29, 0.717) is 18.7 Å². The Balaban J connectivity index is 1.93. The second-order valence-electron chi connectivity index (χ2n) is 5.82. The van der Waals surface area contributed by atoms with Crippen LogP contribution in [0.25, 0.3) is 0 Å². The van der Waals surface area contributed by atoms with Crippen LogP contribution in [0.2, 0.25) is 0 Å². The first kappa shape index (κ1) is 15.3. The summed E-state index contributed by atoms with van der Waals surface area (Å²) in [5.41, 5.74) is -0.0858. The van der Waals surface area contributed by atoms with Gasteiger partial charge in [0, 0.05) is 31.5 Å². The zero-order chi connectivity index (χ0) is 16.4. The number of piperidine rings is 1. The van der Waals surface area contributed by atoms with Gasteiger partial charge in [0.2, 0.25) is 5.91 Å². The van der Waals surface area contributed by atoms with Crippen LogP contribution in [0.5, 0.6) is 0 Å². The molecule has 1 fully saturated rings. The number of carbonyl (C=O) groups is 2.